The van der Waals surface area contributed by atoms with Gasteiger partial charge in [0.25, 0.3) is 0 Å². The molecule has 16 heavy (non-hydrogen) atoms. The van der Waals surface area contributed by atoms with Gasteiger partial charge in [-0.15, -0.1) is 0 Å². The van der Waals surface area contributed by atoms with E-state index in [1.54, 1.807) is 0 Å². The van der Waals surface area contributed by atoms with E-state index >= 15 is 0 Å². The normalized spacial score (nSPS) is 12.7. The SMILES string of the molecule is CCCNC(CSCC)c1ccc(C)cc1. The minimum Gasteiger partial charge on any atom is -0.309 e. The molecule has 0 bridgehead atoms. The van der Waals surface area contributed by atoms with E-state index in [4.69, 9.17) is 0 Å². The zero-order valence-electron chi connectivity index (χ0n) is 10.6. The lowest BCUT2D eigenvalue weighted by Crippen LogP contribution is -2.24. The maximum Gasteiger partial charge on any atom is 0.0411 e. The summed E-state index contributed by atoms with van der Waals surface area (Å²) in [5.74, 6) is 2.36. The zero-order valence-corrected chi connectivity index (χ0v) is 11.4. The number of nitrogens with one attached hydrogen (secondary N) is 1. The Kier molecular flexibility index (Phi) is 6.58. The van der Waals surface area contributed by atoms with Crippen LogP contribution in [0.25, 0.3) is 0 Å². The monoisotopic (exact) mass is 237 g/mol. The van der Waals surface area contributed by atoms with Gasteiger partial charge >= 0.3 is 0 Å². The number of benzene rings is 1. The molecular weight excluding hydrogens is 214 g/mol. The highest BCUT2D eigenvalue weighted by atomic mass is 32.2. The number of thioether (sulfide) groups is 1. The molecule has 1 aromatic rings. The van der Waals surface area contributed by atoms with Gasteiger partial charge in [-0.2, -0.15) is 11.8 Å². The van der Waals surface area contributed by atoms with Crippen molar-refractivity contribution in [2.24, 2.45) is 0 Å². The second-order valence-corrected chi connectivity index (χ2v) is 5.40. The minimum absolute atomic E-state index is 0.505. The number of hydrogen-bond donors (Lipinski definition) is 1. The van der Waals surface area contributed by atoms with Crippen LogP contribution in [0.3, 0.4) is 0 Å². The maximum absolute atomic E-state index is 3.62. The van der Waals surface area contributed by atoms with Gasteiger partial charge in [0, 0.05) is 11.8 Å². The lowest BCUT2D eigenvalue weighted by molar-refractivity contribution is 0.577. The van der Waals surface area contributed by atoms with Crippen LogP contribution in [0.2, 0.25) is 0 Å². The van der Waals surface area contributed by atoms with E-state index in [0.29, 0.717) is 6.04 Å². The quantitative estimate of drug-likeness (QED) is 0.774. The van der Waals surface area contributed by atoms with E-state index in [9.17, 15) is 0 Å². The molecular formula is C14H23NS. The molecule has 90 valence electrons. The molecule has 0 aliphatic heterocycles. The summed E-state index contributed by atoms with van der Waals surface area (Å²) in [6.07, 6.45) is 1.19. The molecule has 0 amide bonds. The molecule has 1 aromatic carbocycles. The molecule has 0 saturated heterocycles. The van der Waals surface area contributed by atoms with E-state index in [-0.39, 0.29) is 0 Å². The predicted molar refractivity (Wildman–Crippen MR) is 75.2 cm³/mol. The highest BCUT2D eigenvalue weighted by Crippen LogP contribution is 2.18. The molecule has 0 heterocycles. The van der Waals surface area contributed by atoms with E-state index in [2.05, 4.69) is 50.4 Å². The van der Waals surface area contributed by atoms with E-state index < -0.39 is 0 Å². The van der Waals surface area contributed by atoms with Crippen molar-refractivity contribution in [3.05, 3.63) is 35.4 Å². The van der Waals surface area contributed by atoms with Gasteiger partial charge in [0.15, 0.2) is 0 Å². The Morgan fingerprint density at radius 2 is 1.88 bits per heavy atom. The largest absolute Gasteiger partial charge is 0.309 e. The molecule has 0 spiro atoms. The topological polar surface area (TPSA) is 12.0 Å². The fraction of sp³-hybridized carbons (Fsp3) is 0.571. The van der Waals surface area contributed by atoms with Gasteiger partial charge in [0.1, 0.15) is 0 Å². The van der Waals surface area contributed by atoms with E-state index in [1.807, 2.05) is 11.8 Å². The number of rotatable bonds is 7. The summed E-state index contributed by atoms with van der Waals surface area (Å²) in [5.41, 5.74) is 2.75. The summed E-state index contributed by atoms with van der Waals surface area (Å²) in [7, 11) is 0. The van der Waals surface area contributed by atoms with Gasteiger partial charge in [0.2, 0.25) is 0 Å². The lowest BCUT2D eigenvalue weighted by Gasteiger charge is -2.18. The van der Waals surface area contributed by atoms with Gasteiger partial charge in [-0.25, -0.2) is 0 Å². The highest BCUT2D eigenvalue weighted by Gasteiger charge is 2.09. The minimum atomic E-state index is 0.505. The van der Waals surface area contributed by atoms with Crippen LogP contribution < -0.4 is 5.32 Å². The fourth-order valence-electron chi connectivity index (χ4n) is 1.63. The van der Waals surface area contributed by atoms with Crippen molar-refractivity contribution in [3.63, 3.8) is 0 Å². The van der Waals surface area contributed by atoms with Crippen molar-refractivity contribution in [2.75, 3.05) is 18.1 Å². The smallest absolute Gasteiger partial charge is 0.0411 e. The van der Waals surface area contributed by atoms with Crippen molar-refractivity contribution in [2.45, 2.75) is 33.2 Å². The molecule has 0 aromatic heterocycles. The molecule has 0 aliphatic rings. The average molecular weight is 237 g/mol. The molecule has 1 rings (SSSR count). The van der Waals surface area contributed by atoms with Crippen LogP contribution in [0.1, 0.15) is 37.4 Å². The molecule has 1 unspecified atom stereocenters. The van der Waals surface area contributed by atoms with Gasteiger partial charge in [0.05, 0.1) is 0 Å². The van der Waals surface area contributed by atoms with Crippen LogP contribution in [0.15, 0.2) is 24.3 Å². The van der Waals surface area contributed by atoms with Crippen LogP contribution in [0, 0.1) is 6.92 Å². The molecule has 1 nitrogen and oxygen atoms in total. The van der Waals surface area contributed by atoms with Crippen molar-refractivity contribution in [3.8, 4) is 0 Å². The molecule has 0 radical (unpaired) electrons. The summed E-state index contributed by atoms with van der Waals surface area (Å²) in [4.78, 5) is 0. The maximum atomic E-state index is 3.62. The van der Waals surface area contributed by atoms with Gasteiger partial charge in [-0.3, -0.25) is 0 Å². The van der Waals surface area contributed by atoms with E-state index in [0.717, 1.165) is 6.54 Å². The Labute approximate surface area is 104 Å². The first-order valence-electron chi connectivity index (χ1n) is 6.15. The predicted octanol–water partition coefficient (Wildman–Crippen LogP) is 3.79. The molecule has 0 saturated carbocycles. The fourth-order valence-corrected chi connectivity index (χ4v) is 2.41. The van der Waals surface area contributed by atoms with Gasteiger partial charge in [-0.05, 0) is 31.2 Å². The average Bonchev–Trinajstić information content (AvgIpc) is 2.31. The number of aryl methyl sites for hydroxylation is 1. The standard InChI is InChI=1S/C14H23NS/c1-4-10-15-14(11-16-5-2)13-8-6-12(3)7-9-13/h6-9,14-15H,4-5,10-11H2,1-3H3. The Morgan fingerprint density at radius 3 is 2.44 bits per heavy atom. The third kappa shape index (κ3) is 4.58. The molecule has 0 fully saturated rings. The van der Waals surface area contributed by atoms with Gasteiger partial charge < -0.3 is 5.32 Å². The third-order valence-electron chi connectivity index (χ3n) is 2.61. The Balaban J connectivity index is 2.62. The lowest BCUT2D eigenvalue weighted by atomic mass is 10.1. The van der Waals surface area contributed by atoms with Crippen molar-refractivity contribution >= 4 is 11.8 Å². The van der Waals surface area contributed by atoms with Crippen LogP contribution in [-0.2, 0) is 0 Å². The third-order valence-corrected chi connectivity index (χ3v) is 3.59. The summed E-state index contributed by atoms with van der Waals surface area (Å²) >= 11 is 2.00. The molecule has 1 N–H and O–H groups in total. The summed E-state index contributed by atoms with van der Waals surface area (Å²) in [6.45, 7) is 7.67. The summed E-state index contributed by atoms with van der Waals surface area (Å²) in [6, 6.07) is 9.40. The van der Waals surface area contributed by atoms with Crippen LogP contribution in [-0.4, -0.2) is 18.1 Å². The first-order valence-corrected chi connectivity index (χ1v) is 7.31. The first kappa shape index (κ1) is 13.6. The van der Waals surface area contributed by atoms with Crippen LogP contribution in [0.5, 0.6) is 0 Å². The van der Waals surface area contributed by atoms with Crippen molar-refractivity contribution < 1.29 is 0 Å². The Morgan fingerprint density at radius 1 is 1.19 bits per heavy atom. The molecule has 0 aliphatic carbocycles. The molecule has 1 atom stereocenters. The van der Waals surface area contributed by atoms with Crippen LogP contribution >= 0.6 is 11.8 Å². The van der Waals surface area contributed by atoms with Crippen LogP contribution in [0.4, 0.5) is 0 Å². The van der Waals surface area contributed by atoms with Crippen molar-refractivity contribution in [1.82, 2.24) is 5.32 Å². The Bertz CT molecular complexity index is 273. The summed E-state index contributed by atoms with van der Waals surface area (Å²) in [5, 5.41) is 3.62. The molecule has 2 heteroatoms. The Hall–Kier alpha value is -0.470. The summed E-state index contributed by atoms with van der Waals surface area (Å²) < 4.78 is 0. The number of hydrogen-bond acceptors (Lipinski definition) is 2. The van der Waals surface area contributed by atoms with Gasteiger partial charge in [-0.1, -0.05) is 43.7 Å². The highest BCUT2D eigenvalue weighted by molar-refractivity contribution is 7.99. The second kappa shape index (κ2) is 7.75. The van der Waals surface area contributed by atoms with Crippen molar-refractivity contribution in [1.29, 1.82) is 0 Å². The zero-order chi connectivity index (χ0) is 11.8. The second-order valence-electron chi connectivity index (χ2n) is 4.08. The first-order chi connectivity index (χ1) is 7.77. The van der Waals surface area contributed by atoms with E-state index in [1.165, 1.54) is 29.1 Å².